The van der Waals surface area contributed by atoms with E-state index in [2.05, 4.69) is 0 Å². The summed E-state index contributed by atoms with van der Waals surface area (Å²) in [6, 6.07) is 1.73. The summed E-state index contributed by atoms with van der Waals surface area (Å²) in [7, 11) is 0. The first kappa shape index (κ1) is 12.2. The van der Waals surface area contributed by atoms with Gasteiger partial charge in [-0.3, -0.25) is 4.79 Å². The maximum atomic E-state index is 11.0. The van der Waals surface area contributed by atoms with Crippen LogP contribution in [-0.4, -0.2) is 26.0 Å². The molecule has 1 unspecified atom stereocenters. The van der Waals surface area contributed by atoms with Crippen LogP contribution in [0.4, 0.5) is 0 Å². The Labute approximate surface area is 105 Å². The molecule has 0 aromatic heterocycles. The molecule has 2 N–H and O–H groups in total. The Kier molecular flexibility index (Phi) is 3.54. The molecule has 0 saturated carbocycles. The molecule has 2 rings (SSSR count). The smallest absolute Gasteiger partial charge is 0.173 e. The summed E-state index contributed by atoms with van der Waals surface area (Å²) in [5, 5.41) is 0.375. The van der Waals surface area contributed by atoms with Gasteiger partial charge in [-0.05, 0) is 18.5 Å². The average Bonchev–Trinajstić information content (AvgIpc) is 2.37. The minimum Gasteiger partial charge on any atom is -0.486 e. The highest BCUT2D eigenvalue weighted by Crippen LogP contribution is 2.43. The summed E-state index contributed by atoms with van der Waals surface area (Å²) in [5.74, 6) is 1.14. The summed E-state index contributed by atoms with van der Waals surface area (Å²) >= 11 is 6.06. The largest absolute Gasteiger partial charge is 0.486 e. The molecule has 0 radical (unpaired) electrons. The number of nitrogens with two attached hydrogens (primary N) is 1. The molecule has 92 valence electrons. The Hall–Kier alpha value is -1.26. The van der Waals surface area contributed by atoms with Crippen LogP contribution in [0.15, 0.2) is 6.07 Å². The van der Waals surface area contributed by atoms with Gasteiger partial charge in [-0.2, -0.15) is 0 Å². The van der Waals surface area contributed by atoms with Crippen molar-refractivity contribution in [3.8, 4) is 11.5 Å². The van der Waals surface area contributed by atoms with Crippen LogP contribution < -0.4 is 15.2 Å². The minimum absolute atomic E-state index is 0.101. The molecule has 0 amide bonds. The Morgan fingerprint density at radius 2 is 2.12 bits per heavy atom. The SMILES string of the molecule is CC(CN)c1cc(Cl)c(C=O)c2c1OCCO2. The zero-order valence-corrected chi connectivity index (χ0v) is 10.3. The van der Waals surface area contributed by atoms with Crippen LogP contribution in [0.25, 0.3) is 0 Å². The predicted octanol–water partition coefficient (Wildman–Crippen LogP) is 1.99. The lowest BCUT2D eigenvalue weighted by Crippen LogP contribution is -2.20. The molecule has 0 fully saturated rings. The van der Waals surface area contributed by atoms with Crippen molar-refractivity contribution in [2.24, 2.45) is 5.73 Å². The second-order valence-electron chi connectivity index (χ2n) is 3.97. The molecule has 5 heteroatoms. The van der Waals surface area contributed by atoms with Gasteiger partial charge in [0.1, 0.15) is 13.2 Å². The molecule has 1 atom stereocenters. The molecule has 0 aliphatic carbocycles. The van der Waals surface area contributed by atoms with Crippen LogP contribution >= 0.6 is 11.6 Å². The van der Waals surface area contributed by atoms with Crippen LogP contribution in [0.3, 0.4) is 0 Å². The summed E-state index contributed by atoms with van der Waals surface area (Å²) in [4.78, 5) is 11.0. The summed E-state index contributed by atoms with van der Waals surface area (Å²) in [5.41, 5.74) is 6.88. The highest BCUT2D eigenvalue weighted by atomic mass is 35.5. The van der Waals surface area contributed by atoms with E-state index in [4.69, 9.17) is 26.8 Å². The lowest BCUT2D eigenvalue weighted by molar-refractivity contribution is 0.111. The highest BCUT2D eigenvalue weighted by Gasteiger charge is 2.24. The number of fused-ring (bicyclic) bond motifs is 1. The van der Waals surface area contributed by atoms with Gasteiger partial charge in [0.2, 0.25) is 0 Å². The van der Waals surface area contributed by atoms with Gasteiger partial charge in [0.15, 0.2) is 17.8 Å². The highest BCUT2D eigenvalue weighted by molar-refractivity contribution is 6.33. The molecule has 1 aromatic rings. The van der Waals surface area contributed by atoms with Gasteiger partial charge in [-0.25, -0.2) is 0 Å². The van der Waals surface area contributed by atoms with Gasteiger partial charge in [0.05, 0.1) is 10.6 Å². The number of halogens is 1. The molecule has 0 spiro atoms. The second kappa shape index (κ2) is 4.94. The van der Waals surface area contributed by atoms with Crippen LogP contribution in [0.2, 0.25) is 5.02 Å². The molecule has 1 aromatic carbocycles. The third kappa shape index (κ3) is 2.10. The third-order valence-corrected chi connectivity index (χ3v) is 3.14. The maximum absolute atomic E-state index is 11.0. The van der Waals surface area contributed by atoms with E-state index in [0.717, 1.165) is 5.56 Å². The topological polar surface area (TPSA) is 61.6 Å². The van der Waals surface area contributed by atoms with E-state index >= 15 is 0 Å². The summed E-state index contributed by atoms with van der Waals surface area (Å²) in [6.45, 7) is 3.35. The van der Waals surface area contributed by atoms with Crippen molar-refractivity contribution in [2.45, 2.75) is 12.8 Å². The van der Waals surface area contributed by atoms with Crippen LogP contribution in [-0.2, 0) is 0 Å². The van der Waals surface area contributed by atoms with Crippen molar-refractivity contribution in [3.63, 3.8) is 0 Å². The number of rotatable bonds is 3. The van der Waals surface area contributed by atoms with E-state index < -0.39 is 0 Å². The minimum atomic E-state index is 0.101. The predicted molar refractivity (Wildman–Crippen MR) is 65.3 cm³/mol. The van der Waals surface area contributed by atoms with E-state index in [1.807, 2.05) is 6.92 Å². The van der Waals surface area contributed by atoms with Crippen molar-refractivity contribution >= 4 is 17.9 Å². The number of hydrogen-bond acceptors (Lipinski definition) is 4. The standard InChI is InChI=1S/C12H14ClNO3/c1-7(5-14)8-4-10(13)9(6-15)12-11(8)16-2-3-17-12/h4,6-7H,2-3,5,14H2,1H3. The fourth-order valence-electron chi connectivity index (χ4n) is 1.82. The first-order chi connectivity index (χ1) is 8.19. The Balaban J connectivity index is 2.62. The Morgan fingerprint density at radius 3 is 2.71 bits per heavy atom. The van der Waals surface area contributed by atoms with Crippen LogP contribution in [0, 0.1) is 0 Å². The average molecular weight is 256 g/mol. The third-order valence-electron chi connectivity index (χ3n) is 2.83. The number of carbonyl (C=O) groups excluding carboxylic acids is 1. The zero-order chi connectivity index (χ0) is 12.4. The van der Waals surface area contributed by atoms with Crippen molar-refractivity contribution in [1.29, 1.82) is 0 Å². The monoisotopic (exact) mass is 255 g/mol. The normalized spacial score (nSPS) is 15.5. The fourth-order valence-corrected chi connectivity index (χ4v) is 2.07. The fraction of sp³-hybridized carbons (Fsp3) is 0.417. The molecular formula is C12H14ClNO3. The van der Waals surface area contributed by atoms with Gasteiger partial charge in [0.25, 0.3) is 0 Å². The van der Waals surface area contributed by atoms with Gasteiger partial charge < -0.3 is 15.2 Å². The van der Waals surface area contributed by atoms with E-state index in [-0.39, 0.29) is 5.92 Å². The zero-order valence-electron chi connectivity index (χ0n) is 9.53. The molecular weight excluding hydrogens is 242 g/mol. The lowest BCUT2D eigenvalue weighted by Gasteiger charge is -2.25. The van der Waals surface area contributed by atoms with E-state index in [0.29, 0.717) is 48.1 Å². The van der Waals surface area contributed by atoms with Gasteiger partial charge in [-0.15, -0.1) is 0 Å². The molecule has 0 saturated heterocycles. The first-order valence-electron chi connectivity index (χ1n) is 5.46. The van der Waals surface area contributed by atoms with Crippen molar-refractivity contribution in [3.05, 3.63) is 22.2 Å². The lowest BCUT2D eigenvalue weighted by atomic mass is 9.97. The summed E-state index contributed by atoms with van der Waals surface area (Å²) < 4.78 is 11.1. The van der Waals surface area contributed by atoms with Crippen LogP contribution in [0.1, 0.15) is 28.8 Å². The van der Waals surface area contributed by atoms with Crippen molar-refractivity contribution in [1.82, 2.24) is 0 Å². The molecule has 4 nitrogen and oxygen atoms in total. The number of aldehydes is 1. The number of hydrogen-bond donors (Lipinski definition) is 1. The number of carbonyl (C=O) groups is 1. The molecule has 1 aliphatic heterocycles. The van der Waals surface area contributed by atoms with E-state index in [9.17, 15) is 4.79 Å². The van der Waals surface area contributed by atoms with Gasteiger partial charge >= 0.3 is 0 Å². The molecule has 1 aliphatic rings. The number of benzene rings is 1. The Morgan fingerprint density at radius 1 is 1.47 bits per heavy atom. The molecule has 0 bridgehead atoms. The van der Waals surface area contributed by atoms with Crippen molar-refractivity contribution < 1.29 is 14.3 Å². The second-order valence-corrected chi connectivity index (χ2v) is 4.38. The van der Waals surface area contributed by atoms with E-state index in [1.54, 1.807) is 6.07 Å². The van der Waals surface area contributed by atoms with Crippen molar-refractivity contribution in [2.75, 3.05) is 19.8 Å². The van der Waals surface area contributed by atoms with E-state index in [1.165, 1.54) is 0 Å². The quantitative estimate of drug-likeness (QED) is 0.839. The van der Waals surface area contributed by atoms with Gasteiger partial charge in [0, 0.05) is 5.56 Å². The van der Waals surface area contributed by atoms with Crippen LogP contribution in [0.5, 0.6) is 11.5 Å². The summed E-state index contributed by atoms with van der Waals surface area (Å²) in [6.07, 6.45) is 0.687. The Bertz CT molecular complexity index is 448. The maximum Gasteiger partial charge on any atom is 0.173 e. The number of ether oxygens (including phenoxy) is 2. The molecule has 1 heterocycles. The van der Waals surface area contributed by atoms with Gasteiger partial charge in [-0.1, -0.05) is 18.5 Å². The molecule has 17 heavy (non-hydrogen) atoms. The first-order valence-corrected chi connectivity index (χ1v) is 5.84.